The van der Waals surface area contributed by atoms with Gasteiger partial charge in [0.05, 0.1) is 18.1 Å². The number of aromatic nitrogens is 1. The third-order valence-electron chi connectivity index (χ3n) is 5.49. The summed E-state index contributed by atoms with van der Waals surface area (Å²) in [6.45, 7) is 9.39. The van der Waals surface area contributed by atoms with Gasteiger partial charge in [-0.25, -0.2) is 0 Å². The predicted molar refractivity (Wildman–Crippen MR) is 128 cm³/mol. The van der Waals surface area contributed by atoms with Crippen molar-refractivity contribution in [3.05, 3.63) is 31.9 Å². The van der Waals surface area contributed by atoms with Crippen molar-refractivity contribution in [2.45, 2.75) is 46.6 Å². The molecule has 0 unspecified atom stereocenters. The zero-order valence-electron chi connectivity index (χ0n) is 18.3. The van der Waals surface area contributed by atoms with Gasteiger partial charge < -0.3 is 9.64 Å². The van der Waals surface area contributed by atoms with Gasteiger partial charge in [0.2, 0.25) is 0 Å². The number of thioether (sulfide) groups is 1. The van der Waals surface area contributed by atoms with Crippen molar-refractivity contribution < 1.29 is 9.53 Å². The summed E-state index contributed by atoms with van der Waals surface area (Å²) in [5.41, 5.74) is 1.20. The molecule has 31 heavy (non-hydrogen) atoms. The third kappa shape index (κ3) is 4.71. The Kier molecular flexibility index (Phi) is 7.92. The molecule has 1 amide bonds. The zero-order valence-corrected chi connectivity index (χ0v) is 19.9. The Morgan fingerprint density at radius 1 is 1.19 bits per heavy atom. The van der Waals surface area contributed by atoms with Crippen LogP contribution in [0.3, 0.4) is 0 Å². The molecule has 2 fully saturated rings. The molecule has 1 aromatic rings. The van der Waals surface area contributed by atoms with Gasteiger partial charge in [-0.15, -0.1) is 0 Å². The van der Waals surface area contributed by atoms with Crippen molar-refractivity contribution in [1.29, 1.82) is 5.26 Å². The van der Waals surface area contributed by atoms with Gasteiger partial charge in [0.25, 0.3) is 11.5 Å². The summed E-state index contributed by atoms with van der Waals surface area (Å²) in [4.78, 5) is 30.4. The van der Waals surface area contributed by atoms with E-state index in [1.807, 2.05) is 13.0 Å². The number of amides is 1. The molecule has 3 heterocycles. The molecule has 0 bridgehead atoms. The molecule has 0 atom stereocenters. The van der Waals surface area contributed by atoms with Crippen LogP contribution in [0.15, 0.2) is 9.70 Å². The van der Waals surface area contributed by atoms with E-state index in [9.17, 15) is 14.9 Å². The molecular formula is C22H28N4O3S2. The van der Waals surface area contributed by atoms with Gasteiger partial charge in [-0.2, -0.15) is 5.26 Å². The maximum atomic E-state index is 13.2. The molecule has 1 aromatic heterocycles. The minimum atomic E-state index is -0.273. The SMILES string of the molecule is CCCCn1c(N2CCOCC2)c(/C=C2/SC(=S)N(CCC)C2=O)c(C)c(C#N)c1=O. The maximum absolute atomic E-state index is 13.2. The number of nitriles is 1. The minimum Gasteiger partial charge on any atom is -0.378 e. The van der Waals surface area contributed by atoms with E-state index in [-0.39, 0.29) is 17.0 Å². The van der Waals surface area contributed by atoms with Crippen LogP contribution in [0.4, 0.5) is 5.82 Å². The van der Waals surface area contributed by atoms with Crippen LogP contribution in [-0.2, 0) is 16.1 Å². The first-order valence-electron chi connectivity index (χ1n) is 10.7. The number of thiocarbonyl (C=S) groups is 1. The van der Waals surface area contributed by atoms with E-state index in [2.05, 4.69) is 17.9 Å². The Bertz CT molecular complexity index is 1000. The van der Waals surface area contributed by atoms with E-state index in [4.69, 9.17) is 17.0 Å². The summed E-state index contributed by atoms with van der Waals surface area (Å²) in [7, 11) is 0. The van der Waals surface area contributed by atoms with Crippen LogP contribution in [0, 0.1) is 18.3 Å². The second kappa shape index (κ2) is 10.4. The monoisotopic (exact) mass is 460 g/mol. The first-order valence-corrected chi connectivity index (χ1v) is 11.9. The molecule has 3 rings (SSSR count). The molecule has 0 radical (unpaired) electrons. The van der Waals surface area contributed by atoms with E-state index in [1.54, 1.807) is 16.4 Å². The molecule has 0 aliphatic carbocycles. The first kappa shape index (κ1) is 23.5. The number of rotatable bonds is 7. The Balaban J connectivity index is 2.22. The smallest absolute Gasteiger partial charge is 0.270 e. The molecule has 7 nitrogen and oxygen atoms in total. The fraction of sp³-hybridized carbons (Fsp3) is 0.545. The third-order valence-corrected chi connectivity index (χ3v) is 6.87. The van der Waals surface area contributed by atoms with Gasteiger partial charge in [0.15, 0.2) is 0 Å². The fourth-order valence-corrected chi connectivity index (χ4v) is 5.12. The van der Waals surface area contributed by atoms with Crippen LogP contribution in [-0.4, -0.2) is 52.5 Å². The van der Waals surface area contributed by atoms with E-state index >= 15 is 0 Å². The predicted octanol–water partition coefficient (Wildman–Crippen LogP) is 3.28. The van der Waals surface area contributed by atoms with Crippen LogP contribution >= 0.6 is 24.0 Å². The first-order chi connectivity index (χ1) is 14.9. The summed E-state index contributed by atoms with van der Waals surface area (Å²) in [6.07, 6.45) is 4.38. The number of nitrogens with zero attached hydrogens (tertiary/aromatic N) is 4. The number of unbranched alkanes of at least 4 members (excludes halogenated alkanes) is 1. The highest BCUT2D eigenvalue weighted by Crippen LogP contribution is 2.36. The second-order valence-corrected chi connectivity index (χ2v) is 9.27. The highest BCUT2D eigenvalue weighted by Gasteiger charge is 2.33. The lowest BCUT2D eigenvalue weighted by atomic mass is 10.0. The molecule has 9 heteroatoms. The average molecular weight is 461 g/mol. The van der Waals surface area contributed by atoms with Gasteiger partial charge in [-0.1, -0.05) is 44.2 Å². The van der Waals surface area contributed by atoms with Crippen LogP contribution in [0.2, 0.25) is 0 Å². The average Bonchev–Trinajstić information content (AvgIpc) is 3.03. The normalized spacial score (nSPS) is 18.2. The van der Waals surface area contributed by atoms with Gasteiger partial charge in [0, 0.05) is 31.7 Å². The number of anilines is 1. The topological polar surface area (TPSA) is 78.6 Å². The Hall–Kier alpha value is -2.15. The van der Waals surface area contributed by atoms with Crippen molar-refractivity contribution >= 4 is 46.1 Å². The standard InChI is InChI=1S/C22H28N4O3S2/c1-4-6-8-25-19(24-9-11-29-12-10-24)16(15(3)17(14-23)20(25)27)13-18-21(28)26(7-5-2)22(30)31-18/h13H,4-12H2,1-3H3/b18-13+. The lowest BCUT2D eigenvalue weighted by Gasteiger charge is -2.33. The van der Waals surface area contributed by atoms with Crippen molar-refractivity contribution in [3.63, 3.8) is 0 Å². The molecule has 0 aromatic carbocycles. The van der Waals surface area contributed by atoms with E-state index in [0.29, 0.717) is 54.2 Å². The molecule has 2 saturated heterocycles. The lowest BCUT2D eigenvalue weighted by molar-refractivity contribution is -0.122. The van der Waals surface area contributed by atoms with Crippen molar-refractivity contribution in [1.82, 2.24) is 9.47 Å². The molecule has 0 spiro atoms. The number of morpholine rings is 1. The fourth-order valence-electron chi connectivity index (χ4n) is 3.83. The van der Waals surface area contributed by atoms with Crippen molar-refractivity contribution in [2.24, 2.45) is 0 Å². The molecule has 0 N–H and O–H groups in total. The zero-order chi connectivity index (χ0) is 22.5. The van der Waals surface area contributed by atoms with Crippen molar-refractivity contribution in [3.8, 4) is 6.07 Å². The maximum Gasteiger partial charge on any atom is 0.270 e. The molecule has 2 aliphatic rings. The number of pyridine rings is 1. The summed E-state index contributed by atoms with van der Waals surface area (Å²) in [5.74, 6) is 0.646. The summed E-state index contributed by atoms with van der Waals surface area (Å²) in [6, 6.07) is 2.09. The van der Waals surface area contributed by atoms with Crippen LogP contribution in [0.1, 0.15) is 49.8 Å². The van der Waals surface area contributed by atoms with Crippen LogP contribution < -0.4 is 10.5 Å². The second-order valence-electron chi connectivity index (χ2n) is 7.59. The molecule has 166 valence electrons. The largest absolute Gasteiger partial charge is 0.378 e. The van der Waals surface area contributed by atoms with Crippen molar-refractivity contribution in [2.75, 3.05) is 37.7 Å². The highest BCUT2D eigenvalue weighted by molar-refractivity contribution is 8.26. The van der Waals surface area contributed by atoms with Gasteiger partial charge in [-0.3, -0.25) is 19.1 Å². The van der Waals surface area contributed by atoms with E-state index in [0.717, 1.165) is 30.6 Å². The number of carbonyl (C=O) groups excluding carboxylic acids is 1. The quantitative estimate of drug-likeness (QED) is 0.456. The molecular weight excluding hydrogens is 432 g/mol. The van der Waals surface area contributed by atoms with Gasteiger partial charge in [-0.05, 0) is 31.4 Å². The number of hydrogen-bond donors (Lipinski definition) is 0. The van der Waals surface area contributed by atoms with E-state index in [1.165, 1.54) is 11.8 Å². The Labute approximate surface area is 192 Å². The Morgan fingerprint density at radius 3 is 2.52 bits per heavy atom. The lowest BCUT2D eigenvalue weighted by Crippen LogP contribution is -2.41. The Morgan fingerprint density at radius 2 is 1.90 bits per heavy atom. The number of hydrogen-bond acceptors (Lipinski definition) is 7. The van der Waals surface area contributed by atoms with Gasteiger partial charge >= 0.3 is 0 Å². The summed E-state index contributed by atoms with van der Waals surface area (Å²) >= 11 is 6.69. The number of ether oxygens (including phenoxy) is 1. The van der Waals surface area contributed by atoms with Crippen LogP contribution in [0.25, 0.3) is 6.08 Å². The minimum absolute atomic E-state index is 0.117. The van der Waals surface area contributed by atoms with Crippen LogP contribution in [0.5, 0.6) is 0 Å². The molecule has 0 saturated carbocycles. The summed E-state index contributed by atoms with van der Waals surface area (Å²) < 4.78 is 7.77. The number of carbonyl (C=O) groups is 1. The van der Waals surface area contributed by atoms with Gasteiger partial charge in [0.1, 0.15) is 21.8 Å². The van der Waals surface area contributed by atoms with E-state index < -0.39 is 0 Å². The molecule has 2 aliphatic heterocycles. The summed E-state index contributed by atoms with van der Waals surface area (Å²) in [5, 5.41) is 9.72. The highest BCUT2D eigenvalue weighted by atomic mass is 32.2.